The molecule has 0 unspecified atom stereocenters. The van der Waals surface area contributed by atoms with E-state index in [1.54, 1.807) is 7.11 Å². The van der Waals surface area contributed by atoms with Crippen LogP contribution in [0.4, 0.5) is 0 Å². The van der Waals surface area contributed by atoms with Gasteiger partial charge in [-0.3, -0.25) is 10.00 Å². The molecule has 2 heterocycles. The van der Waals surface area contributed by atoms with E-state index < -0.39 is 0 Å². The number of aliphatic hydroxyl groups excluding tert-OH is 1. The van der Waals surface area contributed by atoms with E-state index in [-0.39, 0.29) is 12.0 Å². The van der Waals surface area contributed by atoms with Gasteiger partial charge in [0.05, 0.1) is 6.20 Å². The highest BCUT2D eigenvalue weighted by Gasteiger charge is 2.35. The molecule has 0 spiro atoms. The molecule has 1 aromatic heterocycles. The van der Waals surface area contributed by atoms with Gasteiger partial charge < -0.3 is 9.84 Å². The molecule has 2 aliphatic rings. The van der Waals surface area contributed by atoms with Crippen molar-refractivity contribution in [3.05, 3.63) is 17.5 Å². The molecule has 0 amide bonds. The second-order valence-electron chi connectivity index (χ2n) is 8.21. The predicted octanol–water partition coefficient (Wildman–Crippen LogP) is 3.46. The first-order valence-electron chi connectivity index (χ1n) is 10.1. The zero-order valence-corrected chi connectivity index (χ0v) is 15.8. The van der Waals surface area contributed by atoms with Crippen LogP contribution in [0.15, 0.2) is 6.20 Å². The lowest BCUT2D eigenvalue weighted by Crippen LogP contribution is -2.45. The van der Waals surface area contributed by atoms with E-state index in [1.807, 2.05) is 6.20 Å². The summed E-state index contributed by atoms with van der Waals surface area (Å²) in [5, 5.41) is 17.7. The zero-order valence-electron chi connectivity index (χ0n) is 15.8. The maximum absolute atomic E-state index is 10.1. The van der Waals surface area contributed by atoms with Crippen molar-refractivity contribution in [1.29, 1.82) is 0 Å². The molecule has 0 bridgehead atoms. The molecule has 1 saturated carbocycles. The molecule has 1 aliphatic heterocycles. The SMILES string of the molecule is COCCC[C@@]1(CO)CCCN(Cc2cn[nH]c2C2CCCCC2)C1. The quantitative estimate of drug-likeness (QED) is 0.706. The fraction of sp³-hybridized carbons (Fsp3) is 0.850. The molecule has 1 aliphatic carbocycles. The molecular weight excluding hydrogens is 314 g/mol. The summed E-state index contributed by atoms with van der Waals surface area (Å²) in [4.78, 5) is 2.53. The van der Waals surface area contributed by atoms with Crippen molar-refractivity contribution in [3.63, 3.8) is 0 Å². The standard InChI is InChI=1S/C20H35N3O2/c1-25-12-6-10-20(16-24)9-5-11-23(15-20)14-18-13-21-22-19(18)17-7-3-2-4-8-17/h13,17,24H,2-12,14-16H2,1H3,(H,21,22)/t20-/m0/s1. The number of aromatic nitrogens is 2. The van der Waals surface area contributed by atoms with E-state index in [0.717, 1.165) is 45.5 Å². The van der Waals surface area contributed by atoms with Gasteiger partial charge in [-0.1, -0.05) is 19.3 Å². The summed E-state index contributed by atoms with van der Waals surface area (Å²) in [5.74, 6) is 0.667. The van der Waals surface area contributed by atoms with Crippen molar-refractivity contribution in [1.82, 2.24) is 15.1 Å². The molecule has 2 fully saturated rings. The van der Waals surface area contributed by atoms with Gasteiger partial charge in [-0.05, 0) is 45.1 Å². The Morgan fingerprint density at radius 1 is 1.32 bits per heavy atom. The zero-order chi connectivity index (χ0) is 17.5. The van der Waals surface area contributed by atoms with Gasteiger partial charge in [-0.2, -0.15) is 5.10 Å². The molecule has 0 radical (unpaired) electrons. The van der Waals surface area contributed by atoms with Crippen molar-refractivity contribution in [3.8, 4) is 0 Å². The minimum Gasteiger partial charge on any atom is -0.396 e. The second-order valence-corrected chi connectivity index (χ2v) is 8.21. The summed E-state index contributed by atoms with van der Waals surface area (Å²) in [7, 11) is 1.75. The molecule has 3 rings (SSSR count). The first-order chi connectivity index (χ1) is 12.3. The topological polar surface area (TPSA) is 61.4 Å². The number of piperidine rings is 1. The van der Waals surface area contributed by atoms with Crippen molar-refractivity contribution >= 4 is 0 Å². The summed E-state index contributed by atoms with van der Waals surface area (Å²) in [6.45, 7) is 4.15. The van der Waals surface area contributed by atoms with Crippen molar-refractivity contribution in [2.45, 2.75) is 70.3 Å². The van der Waals surface area contributed by atoms with E-state index >= 15 is 0 Å². The maximum atomic E-state index is 10.1. The molecule has 2 N–H and O–H groups in total. The van der Waals surface area contributed by atoms with Crippen LogP contribution in [-0.4, -0.2) is 53.6 Å². The smallest absolute Gasteiger partial charge is 0.0535 e. The molecule has 0 aromatic carbocycles. The van der Waals surface area contributed by atoms with Gasteiger partial charge in [0.2, 0.25) is 0 Å². The first kappa shape index (κ1) is 18.9. The molecule has 142 valence electrons. The van der Waals surface area contributed by atoms with Crippen LogP contribution in [0.25, 0.3) is 0 Å². The third-order valence-corrected chi connectivity index (χ3v) is 6.29. The number of hydrogen-bond acceptors (Lipinski definition) is 4. The summed E-state index contributed by atoms with van der Waals surface area (Å²) in [6.07, 6.45) is 13.1. The number of methoxy groups -OCH3 is 1. The maximum Gasteiger partial charge on any atom is 0.0535 e. The van der Waals surface area contributed by atoms with Gasteiger partial charge >= 0.3 is 0 Å². The Morgan fingerprint density at radius 2 is 2.16 bits per heavy atom. The second kappa shape index (κ2) is 9.15. The Bertz CT molecular complexity index is 513. The average molecular weight is 350 g/mol. The van der Waals surface area contributed by atoms with Crippen LogP contribution >= 0.6 is 0 Å². The third kappa shape index (κ3) is 4.83. The van der Waals surface area contributed by atoms with Crippen LogP contribution in [-0.2, 0) is 11.3 Å². The van der Waals surface area contributed by atoms with Gasteiger partial charge in [-0.15, -0.1) is 0 Å². The van der Waals surface area contributed by atoms with Gasteiger partial charge in [0, 0.05) is 56.0 Å². The number of H-pyrrole nitrogens is 1. The lowest BCUT2D eigenvalue weighted by Gasteiger charge is -2.42. The van der Waals surface area contributed by atoms with Gasteiger partial charge in [0.25, 0.3) is 0 Å². The predicted molar refractivity (Wildman–Crippen MR) is 99.6 cm³/mol. The van der Waals surface area contributed by atoms with Crippen LogP contribution in [0.3, 0.4) is 0 Å². The molecule has 1 saturated heterocycles. The number of rotatable bonds is 8. The van der Waals surface area contributed by atoms with Crippen LogP contribution in [0.2, 0.25) is 0 Å². The normalized spacial score (nSPS) is 26.2. The number of nitrogens with zero attached hydrogens (tertiary/aromatic N) is 2. The van der Waals surface area contributed by atoms with E-state index in [1.165, 1.54) is 49.8 Å². The number of likely N-dealkylation sites (tertiary alicyclic amines) is 1. The Labute approximate surface area is 152 Å². The van der Waals surface area contributed by atoms with E-state index in [0.29, 0.717) is 5.92 Å². The highest BCUT2D eigenvalue weighted by atomic mass is 16.5. The fourth-order valence-electron chi connectivity index (χ4n) is 4.88. The van der Waals surface area contributed by atoms with Crippen molar-refractivity contribution in [2.75, 3.05) is 33.4 Å². The Kier molecular flexibility index (Phi) is 6.91. The number of nitrogens with one attached hydrogen (secondary N) is 1. The first-order valence-corrected chi connectivity index (χ1v) is 10.1. The number of aliphatic hydroxyl groups is 1. The van der Waals surface area contributed by atoms with Crippen LogP contribution in [0, 0.1) is 5.41 Å². The minimum absolute atomic E-state index is 0.0471. The minimum atomic E-state index is 0.0471. The highest BCUT2D eigenvalue weighted by molar-refractivity contribution is 5.21. The van der Waals surface area contributed by atoms with Crippen LogP contribution in [0.1, 0.15) is 75.0 Å². The van der Waals surface area contributed by atoms with Crippen LogP contribution < -0.4 is 0 Å². The van der Waals surface area contributed by atoms with Crippen molar-refractivity contribution in [2.24, 2.45) is 5.41 Å². The Balaban J connectivity index is 1.61. The molecular formula is C20H35N3O2. The molecule has 1 atom stereocenters. The number of ether oxygens (including phenoxy) is 1. The Morgan fingerprint density at radius 3 is 2.92 bits per heavy atom. The van der Waals surface area contributed by atoms with Gasteiger partial charge in [0.1, 0.15) is 0 Å². The molecule has 5 heteroatoms. The monoisotopic (exact) mass is 349 g/mol. The molecule has 25 heavy (non-hydrogen) atoms. The Hall–Kier alpha value is -0.910. The number of hydrogen-bond donors (Lipinski definition) is 2. The summed E-state index contributed by atoms with van der Waals surface area (Å²) in [5.41, 5.74) is 2.79. The average Bonchev–Trinajstić information content (AvgIpc) is 3.11. The van der Waals surface area contributed by atoms with Crippen LogP contribution in [0.5, 0.6) is 0 Å². The largest absolute Gasteiger partial charge is 0.396 e. The molecule has 5 nitrogen and oxygen atoms in total. The highest BCUT2D eigenvalue weighted by Crippen LogP contribution is 2.37. The van der Waals surface area contributed by atoms with Gasteiger partial charge in [0.15, 0.2) is 0 Å². The number of aromatic amines is 1. The fourth-order valence-corrected chi connectivity index (χ4v) is 4.88. The lowest BCUT2D eigenvalue weighted by molar-refractivity contribution is 0.0157. The van der Waals surface area contributed by atoms with E-state index in [9.17, 15) is 5.11 Å². The van der Waals surface area contributed by atoms with Crippen molar-refractivity contribution < 1.29 is 9.84 Å². The molecule has 1 aromatic rings. The van der Waals surface area contributed by atoms with Gasteiger partial charge in [-0.25, -0.2) is 0 Å². The summed E-state index contributed by atoms with van der Waals surface area (Å²) >= 11 is 0. The van der Waals surface area contributed by atoms with E-state index in [2.05, 4.69) is 15.1 Å². The third-order valence-electron chi connectivity index (χ3n) is 6.29. The summed E-state index contributed by atoms with van der Waals surface area (Å²) < 4.78 is 5.21. The lowest BCUT2D eigenvalue weighted by atomic mass is 9.76. The summed E-state index contributed by atoms with van der Waals surface area (Å²) in [6, 6.07) is 0. The van der Waals surface area contributed by atoms with E-state index in [4.69, 9.17) is 4.74 Å².